The minimum atomic E-state index is -0.351. The summed E-state index contributed by atoms with van der Waals surface area (Å²) < 4.78 is 4.76. The number of methoxy groups -OCH3 is 1. The SMILES string of the molecule is COC(=O)c1ccc(Nc2nc(Cc3ccccc3)nc3sc(C)c(C)c23)cc1. The van der Waals surface area contributed by atoms with Crippen LogP contribution < -0.4 is 5.32 Å². The lowest BCUT2D eigenvalue weighted by molar-refractivity contribution is 0.0601. The van der Waals surface area contributed by atoms with Gasteiger partial charge in [0, 0.05) is 17.0 Å². The Morgan fingerprint density at radius 1 is 1.03 bits per heavy atom. The fourth-order valence-electron chi connectivity index (χ4n) is 3.19. The molecular formula is C23H21N3O2S. The molecule has 0 saturated heterocycles. The number of aromatic nitrogens is 2. The van der Waals surface area contributed by atoms with Crippen molar-refractivity contribution in [1.29, 1.82) is 0 Å². The van der Waals surface area contributed by atoms with Gasteiger partial charge in [-0.3, -0.25) is 0 Å². The summed E-state index contributed by atoms with van der Waals surface area (Å²) in [5.41, 5.74) is 3.72. The summed E-state index contributed by atoms with van der Waals surface area (Å²) in [6, 6.07) is 17.4. The molecule has 146 valence electrons. The van der Waals surface area contributed by atoms with Crippen molar-refractivity contribution in [2.24, 2.45) is 0 Å². The van der Waals surface area contributed by atoms with Crippen molar-refractivity contribution in [3.63, 3.8) is 0 Å². The third-order valence-corrected chi connectivity index (χ3v) is 5.95. The molecule has 1 N–H and O–H groups in total. The summed E-state index contributed by atoms with van der Waals surface area (Å²) in [5.74, 6) is 1.21. The van der Waals surface area contributed by atoms with E-state index in [4.69, 9.17) is 14.7 Å². The van der Waals surface area contributed by atoms with Gasteiger partial charge in [0.15, 0.2) is 0 Å². The smallest absolute Gasteiger partial charge is 0.337 e. The molecule has 0 unspecified atom stereocenters. The second kappa shape index (κ2) is 8.01. The molecule has 0 bridgehead atoms. The first kappa shape index (κ1) is 19.1. The van der Waals surface area contributed by atoms with Crippen LogP contribution >= 0.6 is 11.3 Å². The molecule has 2 aromatic carbocycles. The number of carbonyl (C=O) groups excluding carboxylic acids is 1. The van der Waals surface area contributed by atoms with Crippen molar-refractivity contribution in [3.8, 4) is 0 Å². The highest BCUT2D eigenvalue weighted by atomic mass is 32.1. The topological polar surface area (TPSA) is 64.1 Å². The van der Waals surface area contributed by atoms with E-state index in [1.807, 2.05) is 30.3 Å². The number of hydrogen-bond donors (Lipinski definition) is 1. The number of hydrogen-bond acceptors (Lipinski definition) is 6. The van der Waals surface area contributed by atoms with E-state index < -0.39 is 0 Å². The molecule has 2 heterocycles. The van der Waals surface area contributed by atoms with Crippen molar-refractivity contribution in [3.05, 3.63) is 82.0 Å². The van der Waals surface area contributed by atoms with Crippen LogP contribution in [-0.2, 0) is 11.2 Å². The van der Waals surface area contributed by atoms with Crippen LogP contribution in [-0.4, -0.2) is 23.0 Å². The predicted molar refractivity (Wildman–Crippen MR) is 117 cm³/mol. The van der Waals surface area contributed by atoms with Gasteiger partial charge in [-0.2, -0.15) is 0 Å². The number of esters is 1. The lowest BCUT2D eigenvalue weighted by Gasteiger charge is -2.10. The highest BCUT2D eigenvalue weighted by Crippen LogP contribution is 2.34. The van der Waals surface area contributed by atoms with Gasteiger partial charge in [0.05, 0.1) is 18.1 Å². The zero-order valence-corrected chi connectivity index (χ0v) is 17.3. The van der Waals surface area contributed by atoms with Gasteiger partial charge in [0.2, 0.25) is 0 Å². The third-order valence-electron chi connectivity index (χ3n) is 4.85. The number of ether oxygens (including phenoxy) is 1. The van der Waals surface area contributed by atoms with Crippen LogP contribution in [0.3, 0.4) is 0 Å². The summed E-state index contributed by atoms with van der Waals surface area (Å²) in [6.07, 6.45) is 0.669. The second-order valence-electron chi connectivity index (χ2n) is 6.81. The van der Waals surface area contributed by atoms with Gasteiger partial charge in [-0.05, 0) is 49.2 Å². The molecule has 0 amide bonds. The minimum absolute atomic E-state index is 0.351. The molecular weight excluding hydrogens is 382 g/mol. The summed E-state index contributed by atoms with van der Waals surface area (Å²) >= 11 is 1.69. The fourth-order valence-corrected chi connectivity index (χ4v) is 4.23. The Hall–Kier alpha value is -3.25. The van der Waals surface area contributed by atoms with Crippen molar-refractivity contribution in [2.75, 3.05) is 12.4 Å². The first-order valence-corrected chi connectivity index (χ1v) is 10.1. The summed E-state index contributed by atoms with van der Waals surface area (Å²) in [5, 5.41) is 4.46. The molecule has 4 rings (SSSR count). The molecule has 0 saturated carbocycles. The van der Waals surface area contributed by atoms with E-state index in [1.165, 1.54) is 23.1 Å². The van der Waals surface area contributed by atoms with Crippen molar-refractivity contribution in [2.45, 2.75) is 20.3 Å². The molecule has 6 heteroatoms. The molecule has 0 fully saturated rings. The second-order valence-corrected chi connectivity index (χ2v) is 8.01. The Morgan fingerprint density at radius 2 is 1.76 bits per heavy atom. The van der Waals surface area contributed by atoms with Crippen LogP contribution in [0.15, 0.2) is 54.6 Å². The van der Waals surface area contributed by atoms with Crippen LogP contribution in [0.4, 0.5) is 11.5 Å². The fraction of sp³-hybridized carbons (Fsp3) is 0.174. The van der Waals surface area contributed by atoms with Gasteiger partial charge in [-0.15, -0.1) is 11.3 Å². The molecule has 0 atom stereocenters. The van der Waals surface area contributed by atoms with Gasteiger partial charge in [0.1, 0.15) is 16.5 Å². The van der Waals surface area contributed by atoms with Gasteiger partial charge in [-0.25, -0.2) is 14.8 Å². The van der Waals surface area contributed by atoms with Gasteiger partial charge in [0.25, 0.3) is 0 Å². The zero-order valence-electron chi connectivity index (χ0n) is 16.5. The average Bonchev–Trinajstić information content (AvgIpc) is 3.02. The van der Waals surface area contributed by atoms with Gasteiger partial charge in [-0.1, -0.05) is 30.3 Å². The maximum absolute atomic E-state index is 11.7. The Labute approximate surface area is 173 Å². The number of anilines is 2. The van der Waals surface area contributed by atoms with Gasteiger partial charge < -0.3 is 10.1 Å². The molecule has 5 nitrogen and oxygen atoms in total. The first-order valence-electron chi connectivity index (χ1n) is 9.31. The van der Waals surface area contributed by atoms with E-state index in [9.17, 15) is 4.79 Å². The normalized spacial score (nSPS) is 10.9. The van der Waals surface area contributed by atoms with E-state index in [0.29, 0.717) is 12.0 Å². The van der Waals surface area contributed by atoms with E-state index >= 15 is 0 Å². The third kappa shape index (κ3) is 3.98. The van der Waals surface area contributed by atoms with E-state index in [2.05, 4.69) is 31.3 Å². The van der Waals surface area contributed by atoms with Crippen LogP contribution in [0.2, 0.25) is 0 Å². The molecule has 0 aliphatic carbocycles. The zero-order chi connectivity index (χ0) is 20.4. The van der Waals surface area contributed by atoms with Crippen LogP contribution in [0, 0.1) is 13.8 Å². The standard InChI is InChI=1S/C23H21N3O2S/c1-14-15(2)29-22-20(14)21(24-18-11-9-17(10-12-18)23(27)28-3)25-19(26-22)13-16-7-5-4-6-8-16/h4-12H,13H2,1-3H3,(H,24,25,26). The Morgan fingerprint density at radius 3 is 2.45 bits per heavy atom. The van der Waals surface area contributed by atoms with Crippen LogP contribution in [0.1, 0.15) is 32.2 Å². The Kier molecular flexibility index (Phi) is 5.27. The number of thiophene rings is 1. The van der Waals surface area contributed by atoms with Crippen molar-refractivity contribution in [1.82, 2.24) is 9.97 Å². The molecule has 4 aromatic rings. The average molecular weight is 404 g/mol. The van der Waals surface area contributed by atoms with E-state index in [1.54, 1.807) is 23.5 Å². The molecule has 29 heavy (non-hydrogen) atoms. The number of nitrogens with one attached hydrogen (secondary N) is 1. The Balaban J connectivity index is 1.72. The molecule has 0 radical (unpaired) electrons. The number of carbonyl (C=O) groups is 1. The number of rotatable bonds is 5. The predicted octanol–water partition coefficient (Wildman–Crippen LogP) is 5.43. The molecule has 0 spiro atoms. The van der Waals surface area contributed by atoms with Crippen molar-refractivity contribution < 1.29 is 9.53 Å². The number of fused-ring (bicyclic) bond motifs is 1. The molecule has 0 aliphatic rings. The summed E-state index contributed by atoms with van der Waals surface area (Å²) in [4.78, 5) is 23.5. The summed E-state index contributed by atoms with van der Waals surface area (Å²) in [6.45, 7) is 4.20. The Bertz CT molecular complexity index is 1170. The molecule has 0 aliphatic heterocycles. The minimum Gasteiger partial charge on any atom is -0.465 e. The van der Waals surface area contributed by atoms with E-state index in [-0.39, 0.29) is 5.97 Å². The first-order chi connectivity index (χ1) is 14.0. The monoisotopic (exact) mass is 403 g/mol. The highest BCUT2D eigenvalue weighted by Gasteiger charge is 2.15. The largest absolute Gasteiger partial charge is 0.465 e. The number of benzene rings is 2. The highest BCUT2D eigenvalue weighted by molar-refractivity contribution is 7.18. The van der Waals surface area contributed by atoms with Gasteiger partial charge >= 0.3 is 5.97 Å². The number of nitrogens with zero attached hydrogens (tertiary/aromatic N) is 2. The maximum atomic E-state index is 11.7. The molecule has 2 aromatic heterocycles. The quantitative estimate of drug-likeness (QED) is 0.450. The lowest BCUT2D eigenvalue weighted by atomic mass is 10.1. The van der Waals surface area contributed by atoms with Crippen LogP contribution in [0.5, 0.6) is 0 Å². The maximum Gasteiger partial charge on any atom is 0.337 e. The number of aryl methyl sites for hydroxylation is 2. The summed E-state index contributed by atoms with van der Waals surface area (Å²) in [7, 11) is 1.38. The van der Waals surface area contributed by atoms with Crippen LogP contribution in [0.25, 0.3) is 10.2 Å². The van der Waals surface area contributed by atoms with E-state index in [0.717, 1.165) is 27.5 Å². The lowest BCUT2D eigenvalue weighted by Crippen LogP contribution is -2.03. The van der Waals surface area contributed by atoms with Crippen molar-refractivity contribution >= 4 is 39.0 Å².